The van der Waals surface area contributed by atoms with E-state index in [1.807, 2.05) is 45.0 Å². The number of fused-ring (bicyclic) bond motifs is 2. The largest absolute Gasteiger partial charge is 0.351 e. The van der Waals surface area contributed by atoms with Gasteiger partial charge in [0.2, 0.25) is 0 Å². The predicted molar refractivity (Wildman–Crippen MR) is 108 cm³/mol. The molecule has 1 aliphatic heterocycles. The molecular weight excluding hydrogens is 360 g/mol. The Kier molecular flexibility index (Phi) is 5.82. The van der Waals surface area contributed by atoms with Gasteiger partial charge in [-0.3, -0.25) is 9.59 Å². The van der Waals surface area contributed by atoms with Crippen molar-refractivity contribution in [3.05, 3.63) is 47.7 Å². The molecule has 7 heteroatoms. The lowest BCUT2D eigenvalue weighted by atomic mass is 10.1. The molecule has 2 heterocycles. The van der Waals surface area contributed by atoms with E-state index in [9.17, 15) is 9.59 Å². The molecule has 0 unspecified atom stereocenters. The Bertz CT molecular complexity index is 867. The number of hydrogen-bond donors (Lipinski definition) is 1. The van der Waals surface area contributed by atoms with Gasteiger partial charge in [-0.1, -0.05) is 11.8 Å². The van der Waals surface area contributed by atoms with Crippen molar-refractivity contribution in [3.63, 3.8) is 0 Å². The molecule has 0 aliphatic carbocycles. The van der Waals surface area contributed by atoms with Crippen LogP contribution in [0.2, 0.25) is 0 Å². The van der Waals surface area contributed by atoms with Crippen LogP contribution in [0.1, 0.15) is 34.6 Å². The topological polar surface area (TPSA) is 65.5 Å². The molecule has 0 saturated carbocycles. The van der Waals surface area contributed by atoms with Crippen molar-refractivity contribution in [1.82, 2.24) is 15.2 Å². The van der Waals surface area contributed by atoms with Crippen molar-refractivity contribution >= 4 is 29.3 Å². The second kappa shape index (κ2) is 8.10. The van der Waals surface area contributed by atoms with E-state index >= 15 is 0 Å². The van der Waals surface area contributed by atoms with E-state index in [1.54, 1.807) is 29.3 Å². The van der Waals surface area contributed by atoms with Crippen LogP contribution in [-0.4, -0.2) is 54.9 Å². The van der Waals surface area contributed by atoms with Gasteiger partial charge in [0, 0.05) is 35.8 Å². The van der Waals surface area contributed by atoms with E-state index in [1.165, 1.54) is 11.8 Å². The monoisotopic (exact) mass is 384 g/mol. The Hall–Kier alpha value is -2.38. The molecule has 6 nitrogen and oxygen atoms in total. The van der Waals surface area contributed by atoms with Crippen LogP contribution in [0.3, 0.4) is 0 Å². The molecule has 1 aromatic carbocycles. The van der Waals surface area contributed by atoms with Gasteiger partial charge in [0.25, 0.3) is 11.8 Å². The lowest BCUT2D eigenvalue weighted by molar-refractivity contribution is 0.0949. The fourth-order valence-electron chi connectivity index (χ4n) is 2.92. The third kappa shape index (κ3) is 4.14. The third-order valence-corrected chi connectivity index (χ3v) is 5.34. The zero-order valence-electron chi connectivity index (χ0n) is 16.0. The van der Waals surface area contributed by atoms with Gasteiger partial charge < -0.3 is 15.1 Å². The quantitative estimate of drug-likeness (QED) is 0.859. The number of nitrogens with zero attached hydrogens (tertiary/aromatic N) is 3. The van der Waals surface area contributed by atoms with E-state index in [4.69, 9.17) is 0 Å². The maximum Gasteiger partial charge on any atom is 0.261 e. The first-order valence-electron chi connectivity index (χ1n) is 8.92. The van der Waals surface area contributed by atoms with E-state index in [0.29, 0.717) is 22.7 Å². The number of carbonyl (C=O) groups excluding carboxylic acids is 2. The van der Waals surface area contributed by atoms with Crippen LogP contribution in [0.5, 0.6) is 0 Å². The second-order valence-electron chi connectivity index (χ2n) is 6.97. The number of nitrogens with one attached hydrogen (secondary N) is 1. The van der Waals surface area contributed by atoms with E-state index in [0.717, 1.165) is 17.1 Å². The summed E-state index contributed by atoms with van der Waals surface area (Å²) < 4.78 is 0. The smallest absolute Gasteiger partial charge is 0.261 e. The Morgan fingerprint density at radius 3 is 2.78 bits per heavy atom. The first-order chi connectivity index (χ1) is 12.9. The van der Waals surface area contributed by atoms with Crippen LogP contribution >= 0.6 is 11.8 Å². The summed E-state index contributed by atoms with van der Waals surface area (Å²) in [4.78, 5) is 34.6. The summed E-state index contributed by atoms with van der Waals surface area (Å²) >= 11 is 1.43. The zero-order chi connectivity index (χ0) is 19.6. The number of pyridine rings is 1. The van der Waals surface area contributed by atoms with Crippen LogP contribution in [0.25, 0.3) is 0 Å². The van der Waals surface area contributed by atoms with Crippen molar-refractivity contribution in [2.24, 2.45) is 0 Å². The Morgan fingerprint density at radius 2 is 2.07 bits per heavy atom. The van der Waals surface area contributed by atoms with Crippen LogP contribution in [0, 0.1) is 0 Å². The maximum atomic E-state index is 13.1. The number of rotatable bonds is 5. The lowest BCUT2D eigenvalue weighted by Crippen LogP contribution is -2.37. The van der Waals surface area contributed by atoms with Gasteiger partial charge in [0.05, 0.1) is 11.3 Å². The standard InChI is InChI=1S/C20H24N4O2S/c1-13(2)24-16-8-7-14(18(25)21-10-11-23(3)4)12-17(16)27-19-15(20(24)26)6-5-9-22-19/h5-9,12-13H,10-11H2,1-4H3,(H,21,25). The van der Waals surface area contributed by atoms with Gasteiger partial charge in [0.1, 0.15) is 5.03 Å². The summed E-state index contributed by atoms with van der Waals surface area (Å²) in [6.07, 6.45) is 1.68. The summed E-state index contributed by atoms with van der Waals surface area (Å²) in [5.74, 6) is -0.185. The van der Waals surface area contributed by atoms with Crippen LogP contribution in [0.4, 0.5) is 5.69 Å². The number of carbonyl (C=O) groups is 2. The average molecular weight is 385 g/mol. The lowest BCUT2D eigenvalue weighted by Gasteiger charge is -2.27. The first kappa shape index (κ1) is 19.4. The van der Waals surface area contributed by atoms with Crippen molar-refractivity contribution in [1.29, 1.82) is 0 Å². The Balaban J connectivity index is 1.96. The molecule has 1 aromatic heterocycles. The Morgan fingerprint density at radius 1 is 1.30 bits per heavy atom. The van der Waals surface area contributed by atoms with E-state index in [-0.39, 0.29) is 17.9 Å². The summed E-state index contributed by atoms with van der Waals surface area (Å²) in [6.45, 7) is 5.32. The molecule has 0 radical (unpaired) electrons. The first-order valence-corrected chi connectivity index (χ1v) is 9.73. The minimum Gasteiger partial charge on any atom is -0.351 e. The molecule has 0 atom stereocenters. The molecule has 0 saturated heterocycles. The normalized spacial score (nSPS) is 13.4. The summed E-state index contributed by atoms with van der Waals surface area (Å²) in [7, 11) is 3.93. The molecule has 0 bridgehead atoms. The fourth-order valence-corrected chi connectivity index (χ4v) is 3.97. The highest BCUT2D eigenvalue weighted by molar-refractivity contribution is 7.99. The fraction of sp³-hybridized carbons (Fsp3) is 0.350. The van der Waals surface area contributed by atoms with Crippen molar-refractivity contribution in [2.45, 2.75) is 29.8 Å². The molecular formula is C20H24N4O2S. The van der Waals surface area contributed by atoms with Gasteiger partial charge in [-0.15, -0.1) is 0 Å². The molecule has 2 amide bonds. The van der Waals surface area contributed by atoms with Crippen molar-refractivity contribution in [3.8, 4) is 0 Å². The van der Waals surface area contributed by atoms with Gasteiger partial charge >= 0.3 is 0 Å². The van der Waals surface area contributed by atoms with E-state index < -0.39 is 0 Å². The zero-order valence-corrected chi connectivity index (χ0v) is 16.8. The molecule has 0 spiro atoms. The number of aromatic nitrogens is 1. The number of anilines is 1. The van der Waals surface area contributed by atoms with Gasteiger partial charge in [0.15, 0.2) is 0 Å². The number of amides is 2. The van der Waals surface area contributed by atoms with Crippen molar-refractivity contribution < 1.29 is 9.59 Å². The highest BCUT2D eigenvalue weighted by atomic mass is 32.2. The number of benzene rings is 1. The third-order valence-electron chi connectivity index (χ3n) is 4.27. The highest BCUT2D eigenvalue weighted by Crippen LogP contribution is 2.41. The highest BCUT2D eigenvalue weighted by Gasteiger charge is 2.30. The molecule has 3 rings (SSSR count). The predicted octanol–water partition coefficient (Wildman–Crippen LogP) is 2.89. The van der Waals surface area contributed by atoms with Crippen molar-refractivity contribution in [2.75, 3.05) is 32.1 Å². The molecule has 0 fully saturated rings. The maximum absolute atomic E-state index is 13.1. The van der Waals surface area contributed by atoms with Crippen LogP contribution in [0.15, 0.2) is 46.5 Å². The minimum absolute atomic E-state index is 0.0113. The molecule has 1 N–H and O–H groups in total. The number of likely N-dealkylation sites (N-methyl/N-ethyl adjacent to an activating group) is 1. The van der Waals surface area contributed by atoms with Gasteiger partial charge in [-0.2, -0.15) is 0 Å². The summed E-state index contributed by atoms with van der Waals surface area (Å²) in [5.41, 5.74) is 1.97. The van der Waals surface area contributed by atoms with Crippen LogP contribution < -0.4 is 10.2 Å². The molecule has 27 heavy (non-hydrogen) atoms. The van der Waals surface area contributed by atoms with Crippen LogP contribution in [-0.2, 0) is 0 Å². The minimum atomic E-state index is -0.117. The SMILES string of the molecule is CC(C)N1C(=O)c2cccnc2Sc2cc(C(=O)NCCN(C)C)ccc21. The number of hydrogen-bond acceptors (Lipinski definition) is 5. The Labute approximate surface area is 164 Å². The molecule has 2 aromatic rings. The molecule has 1 aliphatic rings. The van der Waals surface area contributed by atoms with E-state index in [2.05, 4.69) is 10.3 Å². The summed E-state index contributed by atoms with van der Waals surface area (Å²) in [5, 5.41) is 3.59. The molecule has 142 valence electrons. The average Bonchev–Trinajstić information content (AvgIpc) is 2.74. The second-order valence-corrected chi connectivity index (χ2v) is 8.00. The van der Waals surface area contributed by atoms with Gasteiger partial charge in [-0.25, -0.2) is 4.98 Å². The summed E-state index contributed by atoms with van der Waals surface area (Å²) in [6, 6.07) is 9.03. The van der Waals surface area contributed by atoms with Gasteiger partial charge in [-0.05, 0) is 58.3 Å².